The van der Waals surface area contributed by atoms with E-state index in [-0.39, 0.29) is 5.41 Å². The van der Waals surface area contributed by atoms with Crippen LogP contribution in [-0.2, 0) is 5.41 Å². The van der Waals surface area contributed by atoms with E-state index in [2.05, 4.69) is 230 Å². The number of fused-ring (bicyclic) bond motifs is 10. The first kappa shape index (κ1) is 34.8. The van der Waals surface area contributed by atoms with Gasteiger partial charge in [-0.2, -0.15) is 0 Å². The van der Waals surface area contributed by atoms with Crippen LogP contribution in [0.3, 0.4) is 0 Å². The van der Waals surface area contributed by atoms with Gasteiger partial charge < -0.3 is 9.80 Å². The fourth-order valence-corrected chi connectivity index (χ4v) is 11.0. The van der Waals surface area contributed by atoms with Crippen molar-refractivity contribution in [2.24, 2.45) is 0 Å². The Morgan fingerprint density at radius 1 is 0.333 bits per heavy atom. The number of hydrogen-bond donors (Lipinski definition) is 0. The molecule has 1 aliphatic carbocycles. The molecule has 12 rings (SSSR count). The molecule has 0 bridgehead atoms. The summed E-state index contributed by atoms with van der Waals surface area (Å²) in [5, 5.41) is 10.0. The number of thiophene rings is 1. The van der Waals surface area contributed by atoms with Gasteiger partial charge in [-0.15, -0.1) is 11.3 Å². The zero-order valence-corrected chi connectivity index (χ0v) is 34.2. The lowest BCUT2D eigenvalue weighted by molar-refractivity contribution is 0.661. The predicted octanol–water partition coefficient (Wildman–Crippen LogP) is 16.8. The van der Waals surface area contributed by atoms with Crippen LogP contribution < -0.4 is 9.80 Å². The fraction of sp³-hybridized carbons (Fsp3) is 0.0526. The Morgan fingerprint density at radius 3 is 1.65 bits per heavy atom. The van der Waals surface area contributed by atoms with Crippen molar-refractivity contribution in [3.63, 3.8) is 0 Å². The number of nitrogens with zero attached hydrogens (tertiary/aromatic N) is 2. The number of anilines is 6. The lowest BCUT2D eigenvalue weighted by Crippen LogP contribution is -2.17. The Labute approximate surface area is 353 Å². The molecule has 0 unspecified atom stereocenters. The van der Waals surface area contributed by atoms with E-state index in [1.165, 1.54) is 74.7 Å². The maximum atomic E-state index is 2.48. The van der Waals surface area contributed by atoms with Gasteiger partial charge in [0.15, 0.2) is 0 Å². The molecule has 0 aliphatic heterocycles. The molecular formula is C57H40N2S. The van der Waals surface area contributed by atoms with Crippen molar-refractivity contribution in [3.8, 4) is 11.1 Å². The van der Waals surface area contributed by atoms with Gasteiger partial charge in [-0.05, 0) is 134 Å². The van der Waals surface area contributed by atoms with Crippen molar-refractivity contribution in [3.05, 3.63) is 217 Å². The highest BCUT2D eigenvalue weighted by atomic mass is 32.1. The molecule has 0 fully saturated rings. The van der Waals surface area contributed by atoms with Crippen molar-refractivity contribution in [1.82, 2.24) is 0 Å². The SMILES string of the molecule is CC1(C)c2cc(N(c3ccccc3)c3cc4ccccc4c4ccc(N(c5ccccc5)c5ccc6c(c5)sc5ccccc56)cc34)ccc2-c2cc3ccccc3cc21. The second-order valence-corrected chi connectivity index (χ2v) is 17.7. The maximum absolute atomic E-state index is 2.48. The monoisotopic (exact) mass is 784 g/mol. The lowest BCUT2D eigenvalue weighted by Gasteiger charge is -2.30. The van der Waals surface area contributed by atoms with Gasteiger partial charge >= 0.3 is 0 Å². The Kier molecular flexibility index (Phi) is 7.79. The average Bonchev–Trinajstić information content (AvgIpc) is 3.77. The minimum Gasteiger partial charge on any atom is -0.310 e. The molecule has 0 saturated carbocycles. The highest BCUT2D eigenvalue weighted by molar-refractivity contribution is 7.25. The topological polar surface area (TPSA) is 6.48 Å². The summed E-state index contributed by atoms with van der Waals surface area (Å²) in [4.78, 5) is 4.89. The van der Waals surface area contributed by atoms with Crippen molar-refractivity contribution in [1.29, 1.82) is 0 Å². The normalized spacial score (nSPS) is 13.0. The summed E-state index contributed by atoms with van der Waals surface area (Å²) >= 11 is 1.86. The van der Waals surface area contributed by atoms with Crippen molar-refractivity contribution in [2.45, 2.75) is 19.3 Å². The van der Waals surface area contributed by atoms with E-state index in [1.54, 1.807) is 0 Å². The summed E-state index contributed by atoms with van der Waals surface area (Å²) in [6.07, 6.45) is 0. The van der Waals surface area contributed by atoms with Crippen LogP contribution in [0.1, 0.15) is 25.0 Å². The molecule has 10 aromatic carbocycles. The van der Waals surface area contributed by atoms with Crippen LogP contribution in [0, 0.1) is 0 Å². The largest absolute Gasteiger partial charge is 0.310 e. The first-order chi connectivity index (χ1) is 29.5. The molecule has 3 heteroatoms. The Morgan fingerprint density at radius 2 is 0.883 bits per heavy atom. The number of hydrogen-bond acceptors (Lipinski definition) is 3. The van der Waals surface area contributed by atoms with Gasteiger partial charge in [-0.1, -0.05) is 135 Å². The van der Waals surface area contributed by atoms with Gasteiger partial charge in [0, 0.05) is 59.4 Å². The summed E-state index contributed by atoms with van der Waals surface area (Å²) in [5.41, 5.74) is 12.0. The third kappa shape index (κ3) is 5.40. The minimum atomic E-state index is -0.169. The zero-order chi connectivity index (χ0) is 40.0. The van der Waals surface area contributed by atoms with Crippen molar-refractivity contribution >= 4 is 98.0 Å². The molecule has 11 aromatic rings. The van der Waals surface area contributed by atoms with Crippen LogP contribution in [0.15, 0.2) is 206 Å². The van der Waals surface area contributed by atoms with Crippen molar-refractivity contribution < 1.29 is 0 Å². The number of benzene rings is 10. The Bertz CT molecular complexity index is 3470. The second kappa shape index (κ2) is 13.4. The molecule has 0 spiro atoms. The summed E-state index contributed by atoms with van der Waals surface area (Å²) in [5.74, 6) is 0. The van der Waals surface area contributed by atoms with E-state index in [0.717, 1.165) is 34.1 Å². The summed E-state index contributed by atoms with van der Waals surface area (Å²) < 4.78 is 2.60. The molecule has 284 valence electrons. The average molecular weight is 785 g/mol. The molecule has 0 saturated heterocycles. The molecular weight excluding hydrogens is 745 g/mol. The van der Waals surface area contributed by atoms with Gasteiger partial charge in [0.1, 0.15) is 0 Å². The zero-order valence-electron chi connectivity index (χ0n) is 33.4. The molecule has 1 heterocycles. The highest BCUT2D eigenvalue weighted by Crippen LogP contribution is 2.53. The molecule has 1 aromatic heterocycles. The third-order valence-corrected chi connectivity index (χ3v) is 13.9. The Hall–Kier alpha value is -7.20. The maximum Gasteiger partial charge on any atom is 0.0547 e. The molecule has 0 radical (unpaired) electrons. The van der Waals surface area contributed by atoms with Gasteiger partial charge in [0.2, 0.25) is 0 Å². The highest BCUT2D eigenvalue weighted by Gasteiger charge is 2.36. The number of rotatable bonds is 6. The Balaban J connectivity index is 1.09. The molecule has 2 nitrogen and oxygen atoms in total. The molecule has 0 atom stereocenters. The summed E-state index contributed by atoms with van der Waals surface area (Å²) in [7, 11) is 0. The predicted molar refractivity (Wildman–Crippen MR) is 259 cm³/mol. The van der Waals surface area contributed by atoms with E-state index in [4.69, 9.17) is 0 Å². The fourth-order valence-electron chi connectivity index (χ4n) is 9.83. The number of para-hydroxylation sites is 2. The smallest absolute Gasteiger partial charge is 0.0547 e. The molecule has 60 heavy (non-hydrogen) atoms. The van der Waals surface area contributed by atoms with Crippen LogP contribution in [0.5, 0.6) is 0 Å². The van der Waals surface area contributed by atoms with Gasteiger partial charge in [-0.3, -0.25) is 0 Å². The minimum absolute atomic E-state index is 0.169. The van der Waals surface area contributed by atoms with E-state index in [1.807, 2.05) is 11.3 Å². The van der Waals surface area contributed by atoms with E-state index in [9.17, 15) is 0 Å². The van der Waals surface area contributed by atoms with Crippen LogP contribution >= 0.6 is 11.3 Å². The lowest BCUT2D eigenvalue weighted by atomic mass is 9.81. The molecule has 1 aliphatic rings. The quantitative estimate of drug-likeness (QED) is 0.155. The van der Waals surface area contributed by atoms with Crippen LogP contribution in [0.25, 0.3) is 63.6 Å². The molecule has 0 amide bonds. The van der Waals surface area contributed by atoms with Gasteiger partial charge in [0.25, 0.3) is 0 Å². The van der Waals surface area contributed by atoms with E-state index < -0.39 is 0 Å². The van der Waals surface area contributed by atoms with Crippen LogP contribution in [0.4, 0.5) is 34.1 Å². The van der Waals surface area contributed by atoms with E-state index >= 15 is 0 Å². The standard InChI is InChI=1S/C57H40N2S/c1-57(2)52-32-38-16-10-9-15-37(38)31-50(52)47-29-26-43(35-53(47)57)59(41-20-7-4-8-21-41)54-33-39-17-11-12-22-45(39)46-28-25-42(34-51(46)54)58(40-18-5-3-6-19-40)44-27-30-49-48-23-13-14-24-55(48)60-56(49)36-44/h3-36H,1-2H3. The van der Waals surface area contributed by atoms with E-state index in [0.29, 0.717) is 0 Å². The third-order valence-electron chi connectivity index (χ3n) is 12.8. The van der Waals surface area contributed by atoms with Crippen LogP contribution in [-0.4, -0.2) is 0 Å². The first-order valence-corrected chi connectivity index (χ1v) is 21.6. The molecule has 0 N–H and O–H groups in total. The van der Waals surface area contributed by atoms with Crippen molar-refractivity contribution in [2.75, 3.05) is 9.80 Å². The van der Waals surface area contributed by atoms with Gasteiger partial charge in [-0.25, -0.2) is 0 Å². The van der Waals surface area contributed by atoms with Gasteiger partial charge in [0.05, 0.1) is 5.69 Å². The second-order valence-electron chi connectivity index (χ2n) is 16.6. The summed E-state index contributed by atoms with van der Waals surface area (Å²) in [6.45, 7) is 4.77. The van der Waals surface area contributed by atoms with Crippen LogP contribution in [0.2, 0.25) is 0 Å². The summed E-state index contributed by atoms with van der Waals surface area (Å²) in [6, 6.07) is 76.3. The first-order valence-electron chi connectivity index (χ1n) is 20.7.